The Hall–Kier alpha value is -2.02. The maximum Gasteiger partial charge on any atom is 0.373 e. The predicted octanol–water partition coefficient (Wildman–Crippen LogP) is 5.11. The zero-order chi connectivity index (χ0) is 18.8. The van der Waals surface area contributed by atoms with Crippen LogP contribution in [0, 0.1) is 0 Å². The molecule has 0 aromatic heterocycles. The summed E-state index contributed by atoms with van der Waals surface area (Å²) >= 11 is 0. The Balaban J connectivity index is -0.0000000628. The summed E-state index contributed by atoms with van der Waals surface area (Å²) in [5.74, 6) is 0.659. The lowest BCUT2D eigenvalue weighted by molar-refractivity contribution is -0.193. The molecule has 0 atom stereocenters. The van der Waals surface area contributed by atoms with E-state index < -0.39 is 0 Å². The van der Waals surface area contributed by atoms with Crippen molar-refractivity contribution in [3.05, 3.63) is 35.9 Å². The molecule has 4 nitrogen and oxygen atoms in total. The molecule has 0 radical (unpaired) electrons. The molecule has 22 heavy (non-hydrogen) atoms. The van der Waals surface area contributed by atoms with Gasteiger partial charge in [0.15, 0.2) is 0 Å². The van der Waals surface area contributed by atoms with E-state index in [1.54, 1.807) is 0 Å². The third-order valence-corrected chi connectivity index (χ3v) is 1.47. The quantitative estimate of drug-likeness (QED) is 0.722. The van der Waals surface area contributed by atoms with Crippen molar-refractivity contribution in [3.8, 4) is 0 Å². The number of hydrogen-bond donors (Lipinski definition) is 0. The molecule has 1 aromatic carbocycles. The molecular formula is C18H32O4. The zero-order valence-corrected chi connectivity index (χ0v) is 15.3. The van der Waals surface area contributed by atoms with E-state index in [0.717, 1.165) is 0 Å². The van der Waals surface area contributed by atoms with Gasteiger partial charge in [0.25, 0.3) is 0 Å². The summed E-state index contributed by atoms with van der Waals surface area (Å²) in [4.78, 5) is 32.5. The van der Waals surface area contributed by atoms with Gasteiger partial charge < -0.3 is 0 Å². The van der Waals surface area contributed by atoms with Gasteiger partial charge in [-0.1, -0.05) is 92.1 Å². The monoisotopic (exact) mass is 312 g/mol. The van der Waals surface area contributed by atoms with Crippen molar-refractivity contribution in [3.63, 3.8) is 0 Å². The molecule has 0 spiro atoms. The third kappa shape index (κ3) is 52.0. The van der Waals surface area contributed by atoms with Crippen LogP contribution in [0.15, 0.2) is 30.3 Å². The Bertz CT molecular complexity index is 308. The van der Waals surface area contributed by atoms with Crippen LogP contribution in [0.2, 0.25) is 0 Å². The van der Waals surface area contributed by atoms with Crippen LogP contribution in [0.25, 0.3) is 0 Å². The third-order valence-electron chi connectivity index (χ3n) is 1.47. The van der Waals surface area contributed by atoms with Crippen LogP contribution in [0.1, 0.15) is 73.3 Å². The largest absolute Gasteiger partial charge is 0.373 e. The molecule has 0 unspecified atom stereocenters. The van der Waals surface area contributed by atoms with E-state index in [9.17, 15) is 0 Å². The van der Waals surface area contributed by atoms with E-state index in [-0.39, 0.29) is 12.3 Å². The summed E-state index contributed by atoms with van der Waals surface area (Å²) in [6.45, 7) is 16.7. The molecule has 0 amide bonds. The van der Waals surface area contributed by atoms with Crippen LogP contribution in [-0.4, -0.2) is 12.3 Å². The van der Waals surface area contributed by atoms with Crippen LogP contribution in [-0.2, 0) is 19.2 Å². The van der Waals surface area contributed by atoms with Gasteiger partial charge in [-0.2, -0.15) is 19.2 Å². The van der Waals surface area contributed by atoms with Crippen molar-refractivity contribution in [2.45, 2.75) is 67.7 Å². The second-order valence-electron chi connectivity index (χ2n) is 3.44. The average Bonchev–Trinajstić information content (AvgIpc) is 2.54. The molecule has 0 aliphatic carbocycles. The number of hydrogen-bond acceptors (Lipinski definition) is 4. The summed E-state index contributed by atoms with van der Waals surface area (Å²) in [6.07, 6.45) is 1.75. The predicted molar refractivity (Wildman–Crippen MR) is 89.2 cm³/mol. The van der Waals surface area contributed by atoms with Crippen molar-refractivity contribution >= 4 is 12.3 Å². The first-order chi connectivity index (χ1) is 10.5. The Morgan fingerprint density at radius 1 is 0.773 bits per heavy atom. The molecule has 0 saturated heterocycles. The van der Waals surface area contributed by atoms with E-state index in [1.807, 2.05) is 33.8 Å². The van der Waals surface area contributed by atoms with Crippen molar-refractivity contribution in [2.75, 3.05) is 0 Å². The lowest BCUT2D eigenvalue weighted by Crippen LogP contribution is -1.83. The van der Waals surface area contributed by atoms with Gasteiger partial charge in [-0.3, -0.25) is 0 Å². The molecule has 0 heterocycles. The fourth-order valence-electron chi connectivity index (χ4n) is 0.838. The van der Waals surface area contributed by atoms with Crippen LogP contribution < -0.4 is 0 Å². The van der Waals surface area contributed by atoms with Crippen molar-refractivity contribution in [2.24, 2.45) is 0 Å². The van der Waals surface area contributed by atoms with Gasteiger partial charge in [-0.15, -0.1) is 0 Å². The van der Waals surface area contributed by atoms with Gasteiger partial charge in [-0.05, 0) is 11.5 Å². The van der Waals surface area contributed by atoms with Gasteiger partial charge in [0.1, 0.15) is 0 Å². The minimum absolute atomic E-state index is 0.250. The minimum Gasteiger partial charge on any atom is -0.186 e. The fourth-order valence-corrected chi connectivity index (χ4v) is 0.838. The van der Waals surface area contributed by atoms with Crippen molar-refractivity contribution in [1.29, 1.82) is 0 Å². The number of benzene rings is 1. The second-order valence-corrected chi connectivity index (χ2v) is 3.44. The summed E-state index contributed by atoms with van der Waals surface area (Å²) in [5, 5.41) is 0. The van der Waals surface area contributed by atoms with Gasteiger partial charge >= 0.3 is 12.3 Å². The maximum atomic E-state index is 8.12. The second kappa shape index (κ2) is 42.8. The van der Waals surface area contributed by atoms with Gasteiger partial charge in [-0.25, -0.2) is 0 Å². The minimum atomic E-state index is 0.250. The molecule has 0 saturated carbocycles. The maximum absolute atomic E-state index is 8.12. The molecule has 0 aliphatic heterocycles. The first kappa shape index (κ1) is 32.1. The van der Waals surface area contributed by atoms with E-state index in [4.69, 9.17) is 19.2 Å². The Morgan fingerprint density at radius 3 is 1.14 bits per heavy atom. The van der Waals surface area contributed by atoms with Gasteiger partial charge in [0, 0.05) is 0 Å². The molecule has 4 heteroatoms. The molecule has 0 fully saturated rings. The molecule has 0 bridgehead atoms. The van der Waals surface area contributed by atoms with Crippen LogP contribution >= 0.6 is 0 Å². The van der Waals surface area contributed by atoms with Crippen molar-refractivity contribution in [1.82, 2.24) is 0 Å². The summed E-state index contributed by atoms with van der Waals surface area (Å²) in [6, 6.07) is 10.5. The topological polar surface area (TPSA) is 68.3 Å². The highest BCUT2D eigenvalue weighted by molar-refractivity contribution is 5.20. The highest BCUT2D eigenvalue weighted by atomic mass is 16.2. The molecule has 128 valence electrons. The highest BCUT2D eigenvalue weighted by Gasteiger charge is 1.93. The zero-order valence-electron chi connectivity index (χ0n) is 15.3. The van der Waals surface area contributed by atoms with Gasteiger partial charge in [0.2, 0.25) is 0 Å². The first-order valence-electron chi connectivity index (χ1n) is 7.58. The van der Waals surface area contributed by atoms with Crippen LogP contribution in [0.4, 0.5) is 0 Å². The SMILES string of the molecule is CC.CC.CC(C)c1ccccc1.CCC.O=C=O.O=C=O. The molecular weight excluding hydrogens is 280 g/mol. The number of rotatable bonds is 1. The average molecular weight is 312 g/mol. The first-order valence-corrected chi connectivity index (χ1v) is 7.58. The molecule has 0 aliphatic rings. The van der Waals surface area contributed by atoms with Crippen LogP contribution in [0.3, 0.4) is 0 Å². The lowest BCUT2D eigenvalue weighted by Gasteiger charge is -2.01. The Kier molecular flexibility index (Phi) is 62.3. The summed E-state index contributed by atoms with van der Waals surface area (Å²) in [5.41, 5.74) is 1.41. The van der Waals surface area contributed by atoms with Gasteiger partial charge in [0.05, 0.1) is 0 Å². The molecule has 0 N–H and O–H groups in total. The Morgan fingerprint density at radius 2 is 1.00 bits per heavy atom. The molecule has 1 rings (SSSR count). The fraction of sp³-hybridized carbons (Fsp3) is 0.556. The highest BCUT2D eigenvalue weighted by Crippen LogP contribution is 2.11. The normalized spacial score (nSPS) is 6.23. The number of carbonyl (C=O) groups excluding carboxylic acids is 4. The van der Waals surface area contributed by atoms with E-state index >= 15 is 0 Å². The Labute approximate surface area is 135 Å². The lowest BCUT2D eigenvalue weighted by atomic mass is 10.0. The van der Waals surface area contributed by atoms with E-state index in [2.05, 4.69) is 52.0 Å². The smallest absolute Gasteiger partial charge is 0.186 e. The van der Waals surface area contributed by atoms with E-state index in [1.165, 1.54) is 12.0 Å². The van der Waals surface area contributed by atoms with Crippen molar-refractivity contribution < 1.29 is 19.2 Å². The summed E-state index contributed by atoms with van der Waals surface area (Å²) in [7, 11) is 0. The summed E-state index contributed by atoms with van der Waals surface area (Å²) < 4.78 is 0. The standard InChI is InChI=1S/C9H12.C3H8.2C2H6.2CO2/c1-8(2)9-6-4-3-5-7-9;1-3-2;2*1-2;2*2-1-3/h3-8H,1-2H3;3H2,1-2H3;2*1-2H3;;. The molecule has 1 aromatic rings. The van der Waals surface area contributed by atoms with E-state index in [0.29, 0.717) is 5.92 Å². The van der Waals surface area contributed by atoms with Crippen LogP contribution in [0.5, 0.6) is 0 Å².